The van der Waals surface area contributed by atoms with Gasteiger partial charge in [-0.25, -0.2) is 5.84 Å². The van der Waals surface area contributed by atoms with Gasteiger partial charge in [-0.1, -0.05) is 11.3 Å². The molecule has 0 spiro atoms. The number of nitrogen functional groups attached to an aromatic ring is 1. The third kappa shape index (κ3) is 3.60. The molecule has 2 rings (SSSR count). The van der Waals surface area contributed by atoms with Crippen molar-refractivity contribution in [1.29, 1.82) is 0 Å². The van der Waals surface area contributed by atoms with Gasteiger partial charge in [0.2, 0.25) is 5.13 Å². The maximum Gasteiger partial charge on any atom is 0.219 e. The van der Waals surface area contributed by atoms with Crippen LogP contribution in [0.4, 0.5) is 5.13 Å². The number of nitrogens with zero attached hydrogens (tertiary/aromatic N) is 3. The van der Waals surface area contributed by atoms with Crippen LogP contribution >= 0.6 is 11.3 Å². The van der Waals surface area contributed by atoms with E-state index in [1.54, 1.807) is 0 Å². The van der Waals surface area contributed by atoms with Crippen molar-refractivity contribution in [3.8, 4) is 0 Å². The number of aliphatic hydroxyl groups is 1. The van der Waals surface area contributed by atoms with Crippen LogP contribution in [0.2, 0.25) is 0 Å². The van der Waals surface area contributed by atoms with Crippen molar-refractivity contribution in [3.05, 3.63) is 5.01 Å². The largest absolute Gasteiger partial charge is 0.390 e. The smallest absolute Gasteiger partial charge is 0.219 e. The molecule has 1 aliphatic heterocycles. The second-order valence-electron chi connectivity index (χ2n) is 4.77. The molecule has 6 nitrogen and oxygen atoms in total. The number of rotatable bonds is 3. The molecule has 1 aromatic heterocycles. The zero-order valence-electron chi connectivity index (χ0n) is 10.0. The molecule has 1 aliphatic rings. The molecular weight excluding hydrogens is 238 g/mol. The van der Waals surface area contributed by atoms with Crippen LogP contribution in [0.1, 0.15) is 31.2 Å². The van der Waals surface area contributed by atoms with Gasteiger partial charge in [0.15, 0.2) is 0 Å². The van der Waals surface area contributed by atoms with Gasteiger partial charge in [-0.3, -0.25) is 10.3 Å². The summed E-state index contributed by atoms with van der Waals surface area (Å²) in [6.07, 6.45) is 2.71. The molecule has 1 saturated heterocycles. The SMILES string of the molecule is CC1(O)CCCN(Cc2nnc(NN)s2)CC1. The number of nitrogens with one attached hydrogen (secondary N) is 1. The average Bonchev–Trinajstić information content (AvgIpc) is 2.66. The number of anilines is 1. The lowest BCUT2D eigenvalue weighted by Gasteiger charge is -2.21. The van der Waals surface area contributed by atoms with Gasteiger partial charge in [0, 0.05) is 6.54 Å². The van der Waals surface area contributed by atoms with Gasteiger partial charge in [0.25, 0.3) is 0 Å². The topological polar surface area (TPSA) is 87.3 Å². The molecule has 4 N–H and O–H groups in total. The van der Waals surface area contributed by atoms with Crippen molar-refractivity contribution in [2.45, 2.75) is 38.3 Å². The molecule has 1 fully saturated rings. The van der Waals surface area contributed by atoms with E-state index < -0.39 is 5.60 Å². The minimum atomic E-state index is -0.514. The second-order valence-corrected chi connectivity index (χ2v) is 5.83. The zero-order chi connectivity index (χ0) is 12.3. The Balaban J connectivity index is 1.90. The Morgan fingerprint density at radius 2 is 2.29 bits per heavy atom. The minimum absolute atomic E-state index is 0.514. The van der Waals surface area contributed by atoms with Gasteiger partial charge in [-0.05, 0) is 32.7 Å². The first-order valence-electron chi connectivity index (χ1n) is 5.83. The van der Waals surface area contributed by atoms with Crippen molar-refractivity contribution in [1.82, 2.24) is 15.1 Å². The average molecular weight is 257 g/mol. The van der Waals surface area contributed by atoms with E-state index in [1.807, 2.05) is 6.92 Å². The van der Waals surface area contributed by atoms with E-state index in [4.69, 9.17) is 5.84 Å². The molecule has 1 aromatic rings. The van der Waals surface area contributed by atoms with Crippen molar-refractivity contribution >= 4 is 16.5 Å². The van der Waals surface area contributed by atoms with Crippen molar-refractivity contribution in [3.63, 3.8) is 0 Å². The highest BCUT2D eigenvalue weighted by Gasteiger charge is 2.25. The van der Waals surface area contributed by atoms with Gasteiger partial charge < -0.3 is 5.11 Å². The van der Waals surface area contributed by atoms with E-state index in [0.717, 1.165) is 43.9 Å². The highest BCUT2D eigenvalue weighted by Crippen LogP contribution is 2.23. The Morgan fingerprint density at radius 1 is 1.47 bits per heavy atom. The summed E-state index contributed by atoms with van der Waals surface area (Å²) in [5.74, 6) is 5.27. The summed E-state index contributed by atoms with van der Waals surface area (Å²) in [6.45, 7) is 4.60. The summed E-state index contributed by atoms with van der Waals surface area (Å²) < 4.78 is 0. The summed E-state index contributed by atoms with van der Waals surface area (Å²) in [7, 11) is 0. The minimum Gasteiger partial charge on any atom is -0.390 e. The van der Waals surface area contributed by atoms with E-state index in [2.05, 4.69) is 20.5 Å². The summed E-state index contributed by atoms with van der Waals surface area (Å²) in [4.78, 5) is 2.31. The molecule has 96 valence electrons. The number of nitrogens with two attached hydrogens (primary N) is 1. The molecule has 0 saturated carbocycles. The molecule has 1 atom stereocenters. The maximum atomic E-state index is 10.0. The van der Waals surface area contributed by atoms with Crippen LogP contribution in [0.3, 0.4) is 0 Å². The van der Waals surface area contributed by atoms with E-state index in [1.165, 1.54) is 11.3 Å². The summed E-state index contributed by atoms with van der Waals surface area (Å²) in [6, 6.07) is 0. The van der Waals surface area contributed by atoms with Crippen LogP contribution < -0.4 is 11.3 Å². The quantitative estimate of drug-likeness (QED) is 0.542. The molecule has 17 heavy (non-hydrogen) atoms. The second kappa shape index (κ2) is 5.26. The van der Waals surface area contributed by atoms with Crippen LogP contribution in [-0.4, -0.2) is 38.9 Å². The van der Waals surface area contributed by atoms with Crippen molar-refractivity contribution in [2.24, 2.45) is 5.84 Å². The highest BCUT2D eigenvalue weighted by molar-refractivity contribution is 7.15. The van der Waals surface area contributed by atoms with Gasteiger partial charge in [0.05, 0.1) is 12.1 Å². The fourth-order valence-corrected chi connectivity index (χ4v) is 2.74. The fourth-order valence-electron chi connectivity index (χ4n) is 2.04. The van der Waals surface area contributed by atoms with Crippen molar-refractivity contribution < 1.29 is 5.11 Å². The first-order chi connectivity index (χ1) is 8.09. The number of hydrogen-bond acceptors (Lipinski definition) is 7. The zero-order valence-corrected chi connectivity index (χ0v) is 10.8. The monoisotopic (exact) mass is 257 g/mol. The standard InChI is InChI=1S/C10H19N5OS/c1-10(16)3-2-5-15(6-4-10)7-8-13-14-9(12-11)17-8/h16H,2-7,11H2,1H3,(H,12,14). The molecule has 1 unspecified atom stereocenters. The lowest BCUT2D eigenvalue weighted by Crippen LogP contribution is -2.28. The Morgan fingerprint density at radius 3 is 3.00 bits per heavy atom. The molecule has 0 amide bonds. The Bertz CT molecular complexity index is 367. The highest BCUT2D eigenvalue weighted by atomic mass is 32.1. The van der Waals surface area contributed by atoms with Crippen LogP contribution in [0.25, 0.3) is 0 Å². The molecule has 2 heterocycles. The van der Waals surface area contributed by atoms with Crippen LogP contribution in [0, 0.1) is 0 Å². The van der Waals surface area contributed by atoms with E-state index >= 15 is 0 Å². The Labute approximate surface area is 105 Å². The lowest BCUT2D eigenvalue weighted by atomic mass is 9.98. The van der Waals surface area contributed by atoms with Crippen LogP contribution in [0.15, 0.2) is 0 Å². The third-order valence-corrected chi connectivity index (χ3v) is 3.94. The normalized spacial score (nSPS) is 26.8. The van der Waals surface area contributed by atoms with Gasteiger partial charge in [-0.2, -0.15) is 0 Å². The predicted octanol–water partition coefficient (Wildman–Crippen LogP) is 0.561. The molecule has 0 aromatic carbocycles. The predicted molar refractivity (Wildman–Crippen MR) is 67.5 cm³/mol. The third-order valence-electron chi connectivity index (χ3n) is 3.11. The molecular formula is C10H19N5OS. The van der Waals surface area contributed by atoms with Crippen LogP contribution in [-0.2, 0) is 6.54 Å². The Hall–Kier alpha value is -0.760. The molecule has 0 radical (unpaired) electrons. The first-order valence-corrected chi connectivity index (χ1v) is 6.64. The number of aromatic nitrogens is 2. The molecule has 0 aliphatic carbocycles. The van der Waals surface area contributed by atoms with E-state index in [9.17, 15) is 5.11 Å². The Kier molecular flexibility index (Phi) is 3.93. The maximum absolute atomic E-state index is 10.0. The van der Waals surface area contributed by atoms with Crippen LogP contribution in [0.5, 0.6) is 0 Å². The van der Waals surface area contributed by atoms with Gasteiger partial charge in [-0.15, -0.1) is 10.2 Å². The van der Waals surface area contributed by atoms with E-state index in [0.29, 0.717) is 5.13 Å². The number of likely N-dealkylation sites (tertiary alicyclic amines) is 1. The van der Waals surface area contributed by atoms with Gasteiger partial charge >= 0.3 is 0 Å². The molecule has 0 bridgehead atoms. The summed E-state index contributed by atoms with van der Waals surface area (Å²) in [5.41, 5.74) is 1.98. The summed E-state index contributed by atoms with van der Waals surface area (Å²) >= 11 is 1.47. The molecule has 7 heteroatoms. The lowest BCUT2D eigenvalue weighted by molar-refractivity contribution is 0.0444. The summed E-state index contributed by atoms with van der Waals surface area (Å²) in [5, 5.41) is 19.6. The van der Waals surface area contributed by atoms with Crippen molar-refractivity contribution in [2.75, 3.05) is 18.5 Å². The van der Waals surface area contributed by atoms with E-state index in [-0.39, 0.29) is 0 Å². The van der Waals surface area contributed by atoms with Gasteiger partial charge in [0.1, 0.15) is 5.01 Å². The number of hydrogen-bond donors (Lipinski definition) is 3. The number of hydrazine groups is 1. The fraction of sp³-hybridized carbons (Fsp3) is 0.800. The first kappa shape index (κ1) is 12.7.